The number of fused-ring (bicyclic) bond motifs is 1. The van der Waals surface area contributed by atoms with Crippen LogP contribution in [-0.2, 0) is 5.41 Å². The summed E-state index contributed by atoms with van der Waals surface area (Å²) in [6, 6.07) is 6.83. The van der Waals surface area contributed by atoms with Gasteiger partial charge in [-0.3, -0.25) is 9.38 Å². The first kappa shape index (κ1) is 23.8. The van der Waals surface area contributed by atoms with E-state index in [2.05, 4.69) is 16.0 Å². The molecule has 11 heteroatoms. The van der Waals surface area contributed by atoms with Gasteiger partial charge in [0.15, 0.2) is 12.4 Å². The fraction of sp³-hybridized carbons (Fsp3) is 0.381. The van der Waals surface area contributed by atoms with Crippen molar-refractivity contribution in [2.75, 3.05) is 12.4 Å². The van der Waals surface area contributed by atoms with Crippen LogP contribution >= 0.6 is 11.8 Å². The van der Waals surface area contributed by atoms with Crippen LogP contribution in [0.2, 0.25) is 0 Å². The van der Waals surface area contributed by atoms with Crippen molar-refractivity contribution >= 4 is 17.3 Å². The van der Waals surface area contributed by atoms with Crippen molar-refractivity contribution in [2.24, 2.45) is 0 Å². The Bertz CT molecular complexity index is 1170. The minimum Gasteiger partial charge on any atom is -0.485 e. The van der Waals surface area contributed by atoms with Crippen LogP contribution in [0.1, 0.15) is 26.3 Å². The number of nitrogens with zero attached hydrogens (tertiary/aromatic N) is 4. The van der Waals surface area contributed by atoms with Gasteiger partial charge < -0.3 is 4.74 Å². The standard InChI is InChI=1S/C21H19F5N4OS/c1-4-32-16-8-13(19(2,3)11-27)9-28-17(16)18-29-10-14-15(6-5-7-30(14)18)31-12-20(22,23)21(24,25)26/h5-10H,4,12H2,1-3H3. The fourth-order valence-electron chi connectivity index (χ4n) is 2.83. The average molecular weight is 470 g/mol. The van der Waals surface area contributed by atoms with E-state index in [1.807, 2.05) is 13.0 Å². The summed E-state index contributed by atoms with van der Waals surface area (Å²) in [6.45, 7) is 3.65. The molecule has 3 heterocycles. The van der Waals surface area contributed by atoms with Gasteiger partial charge in [-0.2, -0.15) is 27.2 Å². The van der Waals surface area contributed by atoms with Crippen LogP contribution in [0.5, 0.6) is 5.75 Å². The largest absolute Gasteiger partial charge is 0.485 e. The van der Waals surface area contributed by atoms with Crippen LogP contribution in [0.3, 0.4) is 0 Å². The molecule has 0 saturated heterocycles. The van der Waals surface area contributed by atoms with E-state index in [9.17, 15) is 27.2 Å². The Labute approximate surface area is 185 Å². The average Bonchev–Trinajstić information content (AvgIpc) is 3.16. The zero-order valence-corrected chi connectivity index (χ0v) is 18.2. The minimum absolute atomic E-state index is 0.165. The summed E-state index contributed by atoms with van der Waals surface area (Å²) in [5, 5.41) is 9.41. The lowest BCUT2D eigenvalue weighted by atomic mass is 9.87. The summed E-state index contributed by atoms with van der Waals surface area (Å²) in [5.41, 5.74) is 0.677. The topological polar surface area (TPSA) is 63.2 Å². The Morgan fingerprint density at radius 1 is 1.16 bits per heavy atom. The fourth-order valence-corrected chi connectivity index (χ4v) is 3.63. The van der Waals surface area contributed by atoms with Gasteiger partial charge in [-0.15, -0.1) is 11.8 Å². The first-order valence-corrected chi connectivity index (χ1v) is 10.5. The molecular formula is C21H19F5N4OS. The van der Waals surface area contributed by atoms with Gasteiger partial charge in [-0.25, -0.2) is 4.98 Å². The second-order valence-electron chi connectivity index (χ2n) is 7.44. The number of nitriles is 1. The molecular weight excluding hydrogens is 451 g/mol. The lowest BCUT2D eigenvalue weighted by Gasteiger charge is -2.20. The van der Waals surface area contributed by atoms with E-state index in [4.69, 9.17) is 4.74 Å². The molecule has 3 aromatic rings. The van der Waals surface area contributed by atoms with E-state index in [-0.39, 0.29) is 11.3 Å². The van der Waals surface area contributed by atoms with Crippen molar-refractivity contribution < 1.29 is 26.7 Å². The summed E-state index contributed by atoms with van der Waals surface area (Å²) in [5.74, 6) is -4.07. The number of rotatable bonds is 7. The van der Waals surface area contributed by atoms with Gasteiger partial charge in [0.05, 0.1) is 17.7 Å². The third kappa shape index (κ3) is 4.50. The monoisotopic (exact) mass is 470 g/mol. The summed E-state index contributed by atoms with van der Waals surface area (Å²) in [4.78, 5) is 9.55. The Morgan fingerprint density at radius 2 is 1.88 bits per heavy atom. The van der Waals surface area contributed by atoms with E-state index >= 15 is 0 Å². The highest BCUT2D eigenvalue weighted by Crippen LogP contribution is 2.37. The maximum Gasteiger partial charge on any atom is 0.456 e. The summed E-state index contributed by atoms with van der Waals surface area (Å²) in [7, 11) is 0. The highest BCUT2D eigenvalue weighted by molar-refractivity contribution is 7.99. The lowest BCUT2D eigenvalue weighted by Crippen LogP contribution is -2.41. The first-order valence-electron chi connectivity index (χ1n) is 9.49. The number of hydrogen-bond donors (Lipinski definition) is 0. The molecule has 3 rings (SSSR count). The van der Waals surface area contributed by atoms with E-state index in [1.165, 1.54) is 34.5 Å². The zero-order valence-electron chi connectivity index (χ0n) is 17.4. The number of hydrogen-bond acceptors (Lipinski definition) is 5. The minimum atomic E-state index is -5.71. The second kappa shape index (κ2) is 8.58. The Morgan fingerprint density at radius 3 is 2.50 bits per heavy atom. The Balaban J connectivity index is 2.03. The third-order valence-electron chi connectivity index (χ3n) is 4.72. The second-order valence-corrected chi connectivity index (χ2v) is 8.75. The summed E-state index contributed by atoms with van der Waals surface area (Å²) >= 11 is 1.49. The van der Waals surface area contributed by atoms with E-state index in [0.29, 0.717) is 11.5 Å². The predicted octanol–water partition coefficient (Wildman–Crippen LogP) is 5.89. The van der Waals surface area contributed by atoms with Crippen molar-refractivity contribution in [1.82, 2.24) is 14.4 Å². The molecule has 0 unspecified atom stereocenters. The molecule has 0 bridgehead atoms. The molecule has 0 aliphatic heterocycles. The molecule has 0 aromatic carbocycles. The van der Waals surface area contributed by atoms with Gasteiger partial charge in [-0.1, -0.05) is 6.92 Å². The molecule has 170 valence electrons. The molecule has 0 atom stereocenters. The van der Waals surface area contributed by atoms with Crippen LogP contribution in [0, 0.1) is 11.3 Å². The van der Waals surface area contributed by atoms with Crippen molar-refractivity contribution in [2.45, 2.75) is 43.2 Å². The van der Waals surface area contributed by atoms with Gasteiger partial charge >= 0.3 is 12.1 Å². The number of ether oxygens (including phenoxy) is 1. The predicted molar refractivity (Wildman–Crippen MR) is 110 cm³/mol. The van der Waals surface area contributed by atoms with Crippen LogP contribution in [0.25, 0.3) is 17.0 Å². The van der Waals surface area contributed by atoms with Gasteiger partial charge in [0, 0.05) is 17.3 Å². The lowest BCUT2D eigenvalue weighted by molar-refractivity contribution is -0.289. The third-order valence-corrected chi connectivity index (χ3v) is 5.63. The molecule has 0 amide bonds. The number of pyridine rings is 2. The molecule has 0 aliphatic carbocycles. The molecule has 0 N–H and O–H groups in total. The summed E-state index contributed by atoms with van der Waals surface area (Å²) in [6.07, 6.45) is -1.23. The molecule has 0 fully saturated rings. The number of imidazole rings is 1. The molecule has 32 heavy (non-hydrogen) atoms. The van der Waals surface area contributed by atoms with E-state index in [0.717, 1.165) is 16.2 Å². The smallest absolute Gasteiger partial charge is 0.456 e. The van der Waals surface area contributed by atoms with Gasteiger partial charge in [-0.05, 0) is 43.4 Å². The van der Waals surface area contributed by atoms with Crippen molar-refractivity contribution in [3.05, 3.63) is 42.4 Å². The summed E-state index contributed by atoms with van der Waals surface area (Å²) < 4.78 is 70.3. The van der Waals surface area contributed by atoms with Crippen LogP contribution in [0.4, 0.5) is 22.0 Å². The molecule has 3 aromatic heterocycles. The molecule has 0 radical (unpaired) electrons. The molecule has 0 spiro atoms. The van der Waals surface area contributed by atoms with Gasteiger partial charge in [0.25, 0.3) is 0 Å². The van der Waals surface area contributed by atoms with Crippen molar-refractivity contribution in [3.63, 3.8) is 0 Å². The maximum atomic E-state index is 13.3. The maximum absolute atomic E-state index is 13.3. The first-order chi connectivity index (χ1) is 14.9. The van der Waals surface area contributed by atoms with Gasteiger partial charge in [0.2, 0.25) is 0 Å². The normalized spacial score (nSPS) is 12.7. The number of thioether (sulfide) groups is 1. The zero-order chi connectivity index (χ0) is 23.7. The number of halogens is 5. The van der Waals surface area contributed by atoms with Gasteiger partial charge in [0.1, 0.15) is 17.0 Å². The Hall–Kier alpha value is -2.87. The van der Waals surface area contributed by atoms with Crippen molar-refractivity contribution in [1.29, 1.82) is 5.26 Å². The van der Waals surface area contributed by atoms with Crippen LogP contribution < -0.4 is 4.74 Å². The van der Waals surface area contributed by atoms with E-state index < -0.39 is 24.1 Å². The highest BCUT2D eigenvalue weighted by atomic mass is 32.2. The molecule has 5 nitrogen and oxygen atoms in total. The van der Waals surface area contributed by atoms with Crippen molar-refractivity contribution in [3.8, 4) is 23.3 Å². The SMILES string of the molecule is CCSc1cc(C(C)(C)C#N)cnc1-c1ncc2c(OCC(F)(F)C(F)(F)F)cccn12. The van der Waals surface area contributed by atoms with Crippen LogP contribution in [-0.4, -0.2) is 38.8 Å². The van der Waals surface area contributed by atoms with Crippen LogP contribution in [0.15, 0.2) is 41.7 Å². The number of alkyl halides is 5. The molecule has 0 saturated carbocycles. The molecule has 0 aliphatic rings. The number of aromatic nitrogens is 3. The van der Waals surface area contributed by atoms with E-state index in [1.54, 1.807) is 26.2 Å². The quantitative estimate of drug-likeness (QED) is 0.319. The Kier molecular flexibility index (Phi) is 6.38. The highest BCUT2D eigenvalue weighted by Gasteiger charge is 2.58.